The minimum Gasteiger partial charge on any atom is -0.462 e. The number of nitrogens with zero attached hydrogens (tertiary/aromatic N) is 3. The molecule has 0 N–H and O–H groups in total. The van der Waals surface area contributed by atoms with Crippen LogP contribution in [0.1, 0.15) is 85.2 Å². The van der Waals surface area contributed by atoms with Gasteiger partial charge >= 0.3 is 11.9 Å². The fourth-order valence-electron chi connectivity index (χ4n) is 8.36. The molecule has 62 heavy (non-hydrogen) atoms. The highest BCUT2D eigenvalue weighted by atomic mass is 16.5. The van der Waals surface area contributed by atoms with Gasteiger partial charge in [0.05, 0.1) is 30.0 Å². The molecule has 6 rings (SSSR count). The van der Waals surface area contributed by atoms with E-state index in [0.717, 1.165) is 58.1 Å². The van der Waals surface area contributed by atoms with Crippen molar-refractivity contribution in [2.75, 3.05) is 64.5 Å². The number of carbonyl (C=O) groups is 2. The fourth-order valence-corrected chi connectivity index (χ4v) is 8.36. The van der Waals surface area contributed by atoms with Gasteiger partial charge in [-0.05, 0) is 102 Å². The summed E-state index contributed by atoms with van der Waals surface area (Å²) in [4.78, 5) is 35.4. The number of fused-ring (bicyclic) bond motifs is 1. The summed E-state index contributed by atoms with van der Waals surface area (Å²) >= 11 is 0. The summed E-state index contributed by atoms with van der Waals surface area (Å²) in [6.45, 7) is 10.4. The second-order valence-electron chi connectivity index (χ2n) is 16.7. The summed E-state index contributed by atoms with van der Waals surface area (Å²) < 4.78 is 21.3. The SMILES string of the molecule is C/N=C(\C=C\C1=C(N(c2ccccc2)c2ccccc2)C(=C/C=C2/N(C)c3ccc(C(=O)OCCCOC)cc3C2(C)C)/CC1)C(C)(C)c1cccc(C(=O)OCCCOC)c1. The Labute approximate surface area is 368 Å². The summed E-state index contributed by atoms with van der Waals surface area (Å²) in [5.41, 5.74) is 10.9. The van der Waals surface area contributed by atoms with Crippen molar-refractivity contribution in [3.05, 3.63) is 172 Å². The third-order valence-corrected chi connectivity index (χ3v) is 11.8. The number of rotatable bonds is 18. The van der Waals surface area contributed by atoms with E-state index in [4.69, 9.17) is 23.9 Å². The lowest BCUT2D eigenvalue weighted by Gasteiger charge is -2.29. The maximum Gasteiger partial charge on any atom is 0.338 e. The van der Waals surface area contributed by atoms with E-state index in [9.17, 15) is 9.59 Å². The predicted octanol–water partition coefficient (Wildman–Crippen LogP) is 11.1. The van der Waals surface area contributed by atoms with Gasteiger partial charge in [-0.2, -0.15) is 0 Å². The lowest BCUT2D eigenvalue weighted by atomic mass is 9.79. The van der Waals surface area contributed by atoms with E-state index in [-0.39, 0.29) is 17.4 Å². The number of esters is 2. The first-order valence-electron chi connectivity index (χ1n) is 21.4. The molecule has 0 bridgehead atoms. The van der Waals surface area contributed by atoms with Crippen molar-refractivity contribution >= 4 is 34.7 Å². The summed E-state index contributed by atoms with van der Waals surface area (Å²) in [7, 11) is 7.19. The maximum absolute atomic E-state index is 13.0. The molecule has 0 atom stereocenters. The number of carbonyl (C=O) groups excluding carboxylic acids is 2. The monoisotopic (exact) mass is 835 g/mol. The Bertz CT molecular complexity index is 2320. The van der Waals surface area contributed by atoms with Gasteiger partial charge in [-0.3, -0.25) is 4.99 Å². The number of anilines is 3. The minimum absolute atomic E-state index is 0.302. The molecule has 1 aliphatic heterocycles. The number of methoxy groups -OCH3 is 2. The molecule has 0 fully saturated rings. The number of allylic oxidation sites excluding steroid dienone is 7. The Morgan fingerprint density at radius 1 is 0.758 bits per heavy atom. The Morgan fingerprint density at radius 2 is 1.35 bits per heavy atom. The van der Waals surface area contributed by atoms with Crippen LogP contribution in [0.5, 0.6) is 0 Å². The van der Waals surface area contributed by atoms with Crippen LogP contribution in [0.3, 0.4) is 0 Å². The van der Waals surface area contributed by atoms with E-state index in [1.54, 1.807) is 20.3 Å². The first-order valence-corrected chi connectivity index (χ1v) is 21.4. The zero-order valence-electron chi connectivity index (χ0n) is 37.6. The quantitative estimate of drug-likeness (QED) is 0.0556. The van der Waals surface area contributed by atoms with E-state index in [1.807, 2.05) is 55.6 Å². The van der Waals surface area contributed by atoms with E-state index in [2.05, 4.69) is 117 Å². The van der Waals surface area contributed by atoms with Crippen molar-refractivity contribution in [3.63, 3.8) is 0 Å². The highest BCUT2D eigenvalue weighted by Gasteiger charge is 2.39. The van der Waals surface area contributed by atoms with E-state index >= 15 is 0 Å². The van der Waals surface area contributed by atoms with Crippen molar-refractivity contribution in [2.45, 2.75) is 64.2 Å². The molecular formula is C53H61N3O6. The Hall–Kier alpha value is -6.03. The van der Waals surface area contributed by atoms with Gasteiger partial charge < -0.3 is 28.7 Å². The molecule has 0 radical (unpaired) electrons. The van der Waals surface area contributed by atoms with Gasteiger partial charge in [0, 0.05) is 93.7 Å². The van der Waals surface area contributed by atoms with Gasteiger partial charge in [0.1, 0.15) is 0 Å². The van der Waals surface area contributed by atoms with Crippen molar-refractivity contribution in [1.82, 2.24) is 0 Å². The summed E-state index contributed by atoms with van der Waals surface area (Å²) in [6, 6.07) is 34.5. The maximum atomic E-state index is 13.0. The van der Waals surface area contributed by atoms with Gasteiger partial charge in [-0.25, -0.2) is 9.59 Å². The number of ether oxygens (including phenoxy) is 4. The van der Waals surface area contributed by atoms with Crippen LogP contribution in [0.25, 0.3) is 0 Å². The van der Waals surface area contributed by atoms with Crippen LogP contribution >= 0.6 is 0 Å². The Morgan fingerprint density at radius 3 is 1.94 bits per heavy atom. The molecule has 1 aliphatic carbocycles. The number of para-hydroxylation sites is 2. The van der Waals surface area contributed by atoms with Crippen molar-refractivity contribution in [3.8, 4) is 0 Å². The van der Waals surface area contributed by atoms with Gasteiger partial charge in [0.2, 0.25) is 0 Å². The number of hydrogen-bond donors (Lipinski definition) is 0. The molecule has 2 aliphatic rings. The third-order valence-electron chi connectivity index (χ3n) is 11.8. The van der Waals surface area contributed by atoms with Crippen LogP contribution in [0.2, 0.25) is 0 Å². The lowest BCUT2D eigenvalue weighted by Crippen LogP contribution is -2.28. The molecule has 4 aromatic carbocycles. The van der Waals surface area contributed by atoms with E-state index in [1.165, 1.54) is 11.1 Å². The smallest absolute Gasteiger partial charge is 0.338 e. The van der Waals surface area contributed by atoms with Gasteiger partial charge in [-0.15, -0.1) is 0 Å². The molecule has 0 saturated heterocycles. The fraction of sp³-hybridized carbons (Fsp3) is 0.340. The van der Waals surface area contributed by atoms with Crippen LogP contribution in [0.4, 0.5) is 17.1 Å². The molecule has 0 saturated carbocycles. The van der Waals surface area contributed by atoms with Crippen molar-refractivity contribution < 1.29 is 28.5 Å². The molecule has 4 aromatic rings. The second kappa shape index (κ2) is 20.7. The standard InChI is InChI=1S/C53H61N3O6/c1-52(2,42-19-15-18-40(36-42)50(57)61-34-16-32-59-7)47(54-5)30-27-38-24-25-39(49(38)56(43-20-11-9-12-21-43)44-22-13-10-14-23-44)28-31-48-53(3,4)45-37-41(26-29-46(45)55(48)6)51(58)62-35-17-33-60-8/h9-15,18-23,26-31,36-37H,16-17,24-25,32-35H2,1-8H3/b30-27+,39-28+,48-31+,54-47+. The molecule has 0 unspecified atom stereocenters. The minimum atomic E-state index is -0.521. The zero-order chi connectivity index (χ0) is 44.3. The number of likely N-dealkylation sites (N-methyl/N-ethyl adjacent to an activating group) is 1. The average Bonchev–Trinajstić information content (AvgIpc) is 3.76. The molecule has 9 nitrogen and oxygen atoms in total. The number of benzene rings is 4. The largest absolute Gasteiger partial charge is 0.462 e. The van der Waals surface area contributed by atoms with Crippen LogP contribution in [-0.4, -0.2) is 72.4 Å². The average molecular weight is 836 g/mol. The molecule has 324 valence electrons. The normalized spacial score (nSPS) is 16.4. The first kappa shape index (κ1) is 45.5. The molecule has 0 amide bonds. The number of hydrogen-bond acceptors (Lipinski definition) is 9. The van der Waals surface area contributed by atoms with Gasteiger partial charge in [0.25, 0.3) is 0 Å². The number of aliphatic imine (C=N–C) groups is 1. The highest BCUT2D eigenvalue weighted by molar-refractivity contribution is 6.03. The zero-order valence-corrected chi connectivity index (χ0v) is 37.6. The van der Waals surface area contributed by atoms with Crippen molar-refractivity contribution in [1.29, 1.82) is 0 Å². The van der Waals surface area contributed by atoms with E-state index in [0.29, 0.717) is 50.4 Å². The van der Waals surface area contributed by atoms with Crippen LogP contribution in [0, 0.1) is 0 Å². The molecule has 0 spiro atoms. The van der Waals surface area contributed by atoms with Crippen LogP contribution in [-0.2, 0) is 29.8 Å². The first-order chi connectivity index (χ1) is 29.9. The van der Waals surface area contributed by atoms with Gasteiger partial charge in [-0.1, -0.05) is 88.4 Å². The van der Waals surface area contributed by atoms with E-state index < -0.39 is 5.41 Å². The summed E-state index contributed by atoms with van der Waals surface area (Å²) in [5, 5.41) is 0. The topological polar surface area (TPSA) is 89.9 Å². The molecule has 9 heteroatoms. The summed E-state index contributed by atoms with van der Waals surface area (Å²) in [5.74, 6) is -0.677. The van der Waals surface area contributed by atoms with Crippen LogP contribution < -0.4 is 9.80 Å². The molecular weight excluding hydrogens is 775 g/mol. The van der Waals surface area contributed by atoms with Crippen LogP contribution in [0.15, 0.2) is 155 Å². The molecule has 1 heterocycles. The predicted molar refractivity (Wildman–Crippen MR) is 251 cm³/mol. The Balaban J connectivity index is 1.38. The summed E-state index contributed by atoms with van der Waals surface area (Å²) in [6.07, 6.45) is 11.8. The molecule has 0 aromatic heterocycles. The van der Waals surface area contributed by atoms with Crippen molar-refractivity contribution in [2.24, 2.45) is 4.99 Å². The lowest BCUT2D eigenvalue weighted by molar-refractivity contribution is 0.0458. The Kier molecular flexibility index (Phi) is 15.2. The third kappa shape index (κ3) is 10.2. The second-order valence-corrected chi connectivity index (χ2v) is 16.7. The highest BCUT2D eigenvalue weighted by Crippen LogP contribution is 2.48. The van der Waals surface area contributed by atoms with Gasteiger partial charge in [0.15, 0.2) is 0 Å².